The van der Waals surface area contributed by atoms with Crippen molar-refractivity contribution in [3.8, 4) is 0 Å². The summed E-state index contributed by atoms with van der Waals surface area (Å²) in [6, 6.07) is 1.81. The van der Waals surface area contributed by atoms with Gasteiger partial charge in [0.1, 0.15) is 9.71 Å². The summed E-state index contributed by atoms with van der Waals surface area (Å²) in [5.74, 6) is 0.996. The Bertz CT molecular complexity index is 812. The summed E-state index contributed by atoms with van der Waals surface area (Å²) in [5, 5.41) is 9.16. The number of carbonyl (C=O) groups is 1. The van der Waals surface area contributed by atoms with Gasteiger partial charge in [-0.05, 0) is 18.9 Å². The topological polar surface area (TPSA) is 83.0 Å². The minimum atomic E-state index is -0.394. The normalized spacial score (nSPS) is 11.5. The van der Waals surface area contributed by atoms with Crippen molar-refractivity contribution in [1.82, 2.24) is 19.9 Å². The number of thiophene rings is 1. The highest BCUT2D eigenvalue weighted by Crippen LogP contribution is 2.28. The molecule has 0 N–H and O–H groups in total. The number of hydrogen-bond acceptors (Lipinski definition) is 7. The van der Waals surface area contributed by atoms with Crippen LogP contribution in [0.25, 0.3) is 10.2 Å². The molecule has 7 nitrogen and oxygen atoms in total. The fourth-order valence-corrected chi connectivity index (χ4v) is 3.32. The zero-order valence-electron chi connectivity index (χ0n) is 13.5. The van der Waals surface area contributed by atoms with E-state index in [1.54, 1.807) is 4.68 Å². The highest BCUT2D eigenvalue weighted by Gasteiger charge is 2.17. The second-order valence-corrected chi connectivity index (χ2v) is 6.85. The van der Waals surface area contributed by atoms with E-state index >= 15 is 0 Å². The Morgan fingerprint density at radius 3 is 2.96 bits per heavy atom. The highest BCUT2D eigenvalue weighted by molar-refractivity contribution is 7.20. The van der Waals surface area contributed by atoms with Crippen molar-refractivity contribution in [2.45, 2.75) is 33.8 Å². The van der Waals surface area contributed by atoms with E-state index in [4.69, 9.17) is 9.26 Å². The maximum Gasteiger partial charge on any atom is 0.348 e. The van der Waals surface area contributed by atoms with Gasteiger partial charge in [-0.1, -0.05) is 19.0 Å². The first kappa shape index (κ1) is 15.7. The van der Waals surface area contributed by atoms with Crippen molar-refractivity contribution in [1.29, 1.82) is 0 Å². The Morgan fingerprint density at radius 1 is 1.48 bits per heavy atom. The Balaban J connectivity index is 1.66. The van der Waals surface area contributed by atoms with E-state index in [1.165, 1.54) is 11.3 Å². The molecule has 122 valence electrons. The van der Waals surface area contributed by atoms with Crippen molar-refractivity contribution >= 4 is 27.5 Å². The molecule has 0 amide bonds. The molecule has 23 heavy (non-hydrogen) atoms. The summed E-state index contributed by atoms with van der Waals surface area (Å²) >= 11 is 1.36. The van der Waals surface area contributed by atoms with Gasteiger partial charge in [0.2, 0.25) is 0 Å². The molecule has 0 radical (unpaired) electrons. The second kappa shape index (κ2) is 6.11. The molecule has 0 aliphatic heterocycles. The third-order valence-electron chi connectivity index (χ3n) is 3.33. The molecule has 8 heteroatoms. The Kier molecular flexibility index (Phi) is 4.16. The van der Waals surface area contributed by atoms with Crippen molar-refractivity contribution in [3.05, 3.63) is 28.4 Å². The van der Waals surface area contributed by atoms with E-state index in [0.29, 0.717) is 22.5 Å². The lowest BCUT2D eigenvalue weighted by Gasteiger charge is -1.99. The van der Waals surface area contributed by atoms with Crippen LogP contribution in [0.15, 0.2) is 10.6 Å². The average Bonchev–Trinajstić information content (AvgIpc) is 3.15. The van der Waals surface area contributed by atoms with E-state index in [0.717, 1.165) is 22.3 Å². The number of carbonyl (C=O) groups excluding carboxylic acids is 1. The molecule has 0 saturated carbocycles. The standard InChI is InChI=1S/C15H18N4O3S/c1-8(2)5-12-16-13(22-18-12)7-21-15(20)11-6-10-9(3)17-19(4)14(10)23-11/h6,8H,5,7H2,1-4H3. The number of aromatic nitrogens is 4. The maximum absolute atomic E-state index is 12.2. The fourth-order valence-electron chi connectivity index (χ4n) is 2.30. The lowest BCUT2D eigenvalue weighted by atomic mass is 10.1. The van der Waals surface area contributed by atoms with Crippen LogP contribution in [-0.4, -0.2) is 25.9 Å². The SMILES string of the molecule is Cc1nn(C)c2sc(C(=O)OCc3nc(CC(C)C)no3)cc12. The van der Waals surface area contributed by atoms with E-state index < -0.39 is 5.97 Å². The molecule has 3 rings (SSSR count). The number of hydrogen-bond donors (Lipinski definition) is 0. The van der Waals surface area contributed by atoms with Crippen LogP contribution < -0.4 is 0 Å². The number of fused-ring (bicyclic) bond motifs is 1. The predicted molar refractivity (Wildman–Crippen MR) is 85.3 cm³/mol. The number of rotatable bonds is 5. The van der Waals surface area contributed by atoms with Crippen LogP contribution in [0.2, 0.25) is 0 Å². The minimum absolute atomic E-state index is 0.0184. The molecule has 0 bridgehead atoms. The Hall–Kier alpha value is -2.22. The molecule has 3 aromatic heterocycles. The minimum Gasteiger partial charge on any atom is -0.451 e. The first-order valence-corrected chi connectivity index (χ1v) is 8.17. The van der Waals surface area contributed by atoms with Crippen molar-refractivity contribution in [2.24, 2.45) is 13.0 Å². The molecule has 0 unspecified atom stereocenters. The van der Waals surface area contributed by atoms with Crippen LogP contribution in [-0.2, 0) is 24.8 Å². The molecule has 0 saturated heterocycles. The van der Waals surface area contributed by atoms with Gasteiger partial charge in [-0.25, -0.2) is 4.79 Å². The van der Waals surface area contributed by atoms with Gasteiger partial charge < -0.3 is 9.26 Å². The van der Waals surface area contributed by atoms with Gasteiger partial charge in [0.15, 0.2) is 12.4 Å². The first-order valence-electron chi connectivity index (χ1n) is 7.35. The molecule has 0 atom stereocenters. The zero-order valence-corrected chi connectivity index (χ0v) is 14.3. The summed E-state index contributed by atoms with van der Waals surface area (Å²) in [6.45, 7) is 6.05. The van der Waals surface area contributed by atoms with E-state index in [9.17, 15) is 4.79 Å². The first-order chi connectivity index (χ1) is 10.9. The predicted octanol–water partition coefficient (Wildman–Crippen LogP) is 2.88. The van der Waals surface area contributed by atoms with Gasteiger partial charge in [0, 0.05) is 18.9 Å². The van der Waals surface area contributed by atoms with Crippen LogP contribution >= 0.6 is 11.3 Å². The number of aryl methyl sites for hydroxylation is 2. The number of esters is 1. The van der Waals surface area contributed by atoms with Crippen LogP contribution in [0.1, 0.15) is 40.9 Å². The third-order valence-corrected chi connectivity index (χ3v) is 4.51. The highest BCUT2D eigenvalue weighted by atomic mass is 32.1. The van der Waals surface area contributed by atoms with Crippen LogP contribution in [0.5, 0.6) is 0 Å². The number of ether oxygens (including phenoxy) is 1. The monoisotopic (exact) mass is 334 g/mol. The molecular formula is C15H18N4O3S. The van der Waals surface area contributed by atoms with Crippen LogP contribution in [0, 0.1) is 12.8 Å². The maximum atomic E-state index is 12.2. The summed E-state index contributed by atoms with van der Waals surface area (Å²) in [5.41, 5.74) is 0.896. The lowest BCUT2D eigenvalue weighted by molar-refractivity contribution is 0.0435. The molecule has 0 aliphatic carbocycles. The fraction of sp³-hybridized carbons (Fsp3) is 0.467. The molecule has 3 heterocycles. The smallest absolute Gasteiger partial charge is 0.348 e. The van der Waals surface area contributed by atoms with E-state index in [1.807, 2.05) is 20.0 Å². The van der Waals surface area contributed by atoms with Crippen molar-refractivity contribution in [2.75, 3.05) is 0 Å². The van der Waals surface area contributed by atoms with Crippen LogP contribution in [0.4, 0.5) is 0 Å². The van der Waals surface area contributed by atoms with E-state index in [2.05, 4.69) is 29.1 Å². The molecule has 0 spiro atoms. The summed E-state index contributed by atoms with van der Waals surface area (Å²) in [6.07, 6.45) is 0.736. The summed E-state index contributed by atoms with van der Waals surface area (Å²) < 4.78 is 12.1. The van der Waals surface area contributed by atoms with Gasteiger partial charge in [0.05, 0.1) is 5.69 Å². The van der Waals surface area contributed by atoms with Gasteiger partial charge in [-0.3, -0.25) is 4.68 Å². The Labute approximate surface area is 137 Å². The molecule has 0 fully saturated rings. The van der Waals surface area contributed by atoms with Crippen molar-refractivity contribution < 1.29 is 14.1 Å². The summed E-state index contributed by atoms with van der Waals surface area (Å²) in [4.78, 5) is 17.9. The largest absolute Gasteiger partial charge is 0.451 e. The lowest BCUT2D eigenvalue weighted by Crippen LogP contribution is -2.04. The van der Waals surface area contributed by atoms with Gasteiger partial charge >= 0.3 is 5.97 Å². The second-order valence-electron chi connectivity index (χ2n) is 5.82. The molecule has 0 aromatic carbocycles. The quantitative estimate of drug-likeness (QED) is 0.667. The van der Waals surface area contributed by atoms with Gasteiger partial charge in [-0.15, -0.1) is 11.3 Å². The van der Waals surface area contributed by atoms with E-state index in [-0.39, 0.29) is 6.61 Å². The molecule has 0 aliphatic rings. The zero-order chi connectivity index (χ0) is 16.6. The van der Waals surface area contributed by atoms with Gasteiger partial charge in [-0.2, -0.15) is 10.1 Å². The average molecular weight is 334 g/mol. The van der Waals surface area contributed by atoms with Crippen LogP contribution in [0.3, 0.4) is 0 Å². The third kappa shape index (κ3) is 3.26. The molecular weight excluding hydrogens is 316 g/mol. The summed E-state index contributed by atoms with van der Waals surface area (Å²) in [7, 11) is 1.86. The Morgan fingerprint density at radius 2 is 2.26 bits per heavy atom. The van der Waals surface area contributed by atoms with Gasteiger partial charge in [0.25, 0.3) is 5.89 Å². The number of nitrogens with zero attached hydrogens (tertiary/aromatic N) is 4. The molecule has 3 aromatic rings. The van der Waals surface area contributed by atoms with Crippen molar-refractivity contribution in [3.63, 3.8) is 0 Å².